The molecule has 1 fully saturated rings. The second-order valence-corrected chi connectivity index (χ2v) is 7.71. The molecule has 0 atom stereocenters. The maximum Gasteiger partial charge on any atom is 0.254 e. The van der Waals surface area contributed by atoms with Crippen molar-refractivity contribution < 1.29 is 14.7 Å². The summed E-state index contributed by atoms with van der Waals surface area (Å²) in [6.07, 6.45) is 1.35. The van der Waals surface area contributed by atoms with Crippen LogP contribution in [0.2, 0.25) is 0 Å². The van der Waals surface area contributed by atoms with Crippen molar-refractivity contribution in [3.05, 3.63) is 64.7 Å². The maximum absolute atomic E-state index is 12.8. The number of ketones is 1. The molecule has 1 saturated heterocycles. The van der Waals surface area contributed by atoms with Gasteiger partial charge in [-0.2, -0.15) is 0 Å². The molecule has 0 spiro atoms. The van der Waals surface area contributed by atoms with Gasteiger partial charge in [-0.1, -0.05) is 44.2 Å². The van der Waals surface area contributed by atoms with E-state index < -0.39 is 0 Å². The van der Waals surface area contributed by atoms with Gasteiger partial charge in [-0.3, -0.25) is 9.59 Å². The molecule has 0 aliphatic carbocycles. The smallest absolute Gasteiger partial charge is 0.254 e. The van der Waals surface area contributed by atoms with Crippen molar-refractivity contribution in [2.24, 2.45) is 5.92 Å². The molecule has 1 heterocycles. The van der Waals surface area contributed by atoms with Crippen molar-refractivity contribution in [3.8, 4) is 5.75 Å². The molecular weight excluding hydrogens is 338 g/mol. The standard InChI is InChI=1S/C23H27NO3/c1-15(2)17-5-7-18(8-6-17)22(26)19-10-12-24(13-11-19)23(27)21-14-20(25)9-4-16(21)3/h4-9,14-15,19,25H,10-13H2,1-3H3. The van der Waals surface area contributed by atoms with Gasteiger partial charge < -0.3 is 10.0 Å². The van der Waals surface area contributed by atoms with E-state index in [1.54, 1.807) is 17.0 Å². The van der Waals surface area contributed by atoms with Crippen molar-refractivity contribution in [2.45, 2.75) is 39.5 Å². The predicted molar refractivity (Wildman–Crippen MR) is 106 cm³/mol. The van der Waals surface area contributed by atoms with Crippen molar-refractivity contribution in [2.75, 3.05) is 13.1 Å². The summed E-state index contributed by atoms with van der Waals surface area (Å²) in [5.74, 6) is 0.605. The van der Waals surface area contributed by atoms with E-state index in [1.807, 2.05) is 31.2 Å². The first kappa shape index (κ1) is 19.2. The minimum absolute atomic E-state index is 0.0378. The van der Waals surface area contributed by atoms with Crippen molar-refractivity contribution in [1.29, 1.82) is 0 Å². The molecule has 27 heavy (non-hydrogen) atoms. The number of carbonyl (C=O) groups excluding carboxylic acids is 2. The summed E-state index contributed by atoms with van der Waals surface area (Å²) in [7, 11) is 0. The van der Waals surface area contributed by atoms with Gasteiger partial charge in [-0.15, -0.1) is 0 Å². The number of phenols is 1. The van der Waals surface area contributed by atoms with Gasteiger partial charge in [-0.05, 0) is 48.9 Å². The normalized spacial score (nSPS) is 15.2. The third-order valence-corrected chi connectivity index (χ3v) is 5.47. The molecule has 1 aliphatic heterocycles. The minimum Gasteiger partial charge on any atom is -0.508 e. The van der Waals surface area contributed by atoms with E-state index in [-0.39, 0.29) is 23.4 Å². The SMILES string of the molecule is Cc1ccc(O)cc1C(=O)N1CCC(C(=O)c2ccc(C(C)C)cc2)CC1. The lowest BCUT2D eigenvalue weighted by Gasteiger charge is -2.31. The third kappa shape index (κ3) is 4.21. The molecule has 0 bridgehead atoms. The summed E-state index contributed by atoms with van der Waals surface area (Å²) >= 11 is 0. The summed E-state index contributed by atoms with van der Waals surface area (Å²) in [6.45, 7) is 7.27. The van der Waals surface area contributed by atoms with Crippen LogP contribution in [0.25, 0.3) is 0 Å². The number of phenolic OH excluding ortho intramolecular Hbond substituents is 1. The second kappa shape index (κ2) is 7.95. The third-order valence-electron chi connectivity index (χ3n) is 5.47. The fourth-order valence-corrected chi connectivity index (χ4v) is 3.62. The van der Waals surface area contributed by atoms with Gasteiger partial charge in [0.15, 0.2) is 5.78 Å². The fourth-order valence-electron chi connectivity index (χ4n) is 3.62. The van der Waals surface area contributed by atoms with E-state index in [9.17, 15) is 14.7 Å². The Labute approximate surface area is 160 Å². The summed E-state index contributed by atoms with van der Waals surface area (Å²) < 4.78 is 0. The van der Waals surface area contributed by atoms with Gasteiger partial charge in [0.05, 0.1) is 0 Å². The molecular formula is C23H27NO3. The average Bonchev–Trinajstić information content (AvgIpc) is 2.69. The average molecular weight is 365 g/mol. The molecule has 142 valence electrons. The number of amides is 1. The number of nitrogens with zero attached hydrogens (tertiary/aromatic N) is 1. The van der Waals surface area contributed by atoms with E-state index in [0.717, 1.165) is 11.1 Å². The Hall–Kier alpha value is -2.62. The highest BCUT2D eigenvalue weighted by Crippen LogP contribution is 2.25. The Morgan fingerprint density at radius 2 is 1.67 bits per heavy atom. The molecule has 3 rings (SSSR count). The van der Waals surface area contributed by atoms with Crippen LogP contribution in [-0.4, -0.2) is 34.8 Å². The predicted octanol–water partition coefficient (Wildman–Crippen LogP) is 4.56. The second-order valence-electron chi connectivity index (χ2n) is 7.71. The van der Waals surface area contributed by atoms with Crippen LogP contribution >= 0.6 is 0 Å². The Bertz CT molecular complexity index is 831. The van der Waals surface area contributed by atoms with Crippen LogP contribution in [0.1, 0.15) is 64.4 Å². The summed E-state index contributed by atoms with van der Waals surface area (Å²) in [5.41, 5.74) is 3.37. The molecule has 0 aromatic heterocycles. The number of benzene rings is 2. The summed E-state index contributed by atoms with van der Waals surface area (Å²) in [6, 6.07) is 12.8. The molecule has 2 aromatic rings. The first-order valence-electron chi connectivity index (χ1n) is 9.60. The molecule has 0 unspecified atom stereocenters. The molecule has 1 amide bonds. The van der Waals surface area contributed by atoms with Gasteiger partial charge >= 0.3 is 0 Å². The zero-order valence-electron chi connectivity index (χ0n) is 16.2. The van der Waals surface area contributed by atoms with Crippen LogP contribution < -0.4 is 0 Å². The van der Waals surface area contributed by atoms with Crippen molar-refractivity contribution in [1.82, 2.24) is 4.90 Å². The number of likely N-dealkylation sites (tertiary alicyclic amines) is 1. The molecule has 1 N–H and O–H groups in total. The Morgan fingerprint density at radius 1 is 1.04 bits per heavy atom. The number of hydrogen-bond donors (Lipinski definition) is 1. The summed E-state index contributed by atoms with van der Waals surface area (Å²) in [4.78, 5) is 27.3. The molecule has 1 aliphatic rings. The number of aromatic hydroxyl groups is 1. The zero-order chi connectivity index (χ0) is 19.6. The van der Waals surface area contributed by atoms with E-state index in [1.165, 1.54) is 11.6 Å². The summed E-state index contributed by atoms with van der Waals surface area (Å²) in [5, 5.41) is 9.66. The highest BCUT2D eigenvalue weighted by molar-refractivity contribution is 5.99. The highest BCUT2D eigenvalue weighted by atomic mass is 16.3. The Kier molecular flexibility index (Phi) is 5.64. The van der Waals surface area contributed by atoms with E-state index in [2.05, 4.69) is 13.8 Å². The molecule has 0 saturated carbocycles. The van der Waals surface area contributed by atoms with Crippen LogP contribution in [0.3, 0.4) is 0 Å². The van der Waals surface area contributed by atoms with Crippen LogP contribution in [0.5, 0.6) is 5.75 Å². The lowest BCUT2D eigenvalue weighted by Crippen LogP contribution is -2.40. The number of hydrogen-bond acceptors (Lipinski definition) is 3. The van der Waals surface area contributed by atoms with Gasteiger partial charge in [0, 0.05) is 30.1 Å². The van der Waals surface area contributed by atoms with Crippen LogP contribution in [-0.2, 0) is 0 Å². The minimum atomic E-state index is -0.0735. The maximum atomic E-state index is 12.8. The fraction of sp³-hybridized carbons (Fsp3) is 0.391. The number of Topliss-reactive ketones (excluding diaryl/α,β-unsaturated/α-hetero) is 1. The van der Waals surface area contributed by atoms with Crippen LogP contribution in [0, 0.1) is 12.8 Å². The number of aryl methyl sites for hydroxylation is 1. The topological polar surface area (TPSA) is 57.6 Å². The lowest BCUT2D eigenvalue weighted by atomic mass is 9.88. The van der Waals surface area contributed by atoms with E-state index in [4.69, 9.17) is 0 Å². The quantitative estimate of drug-likeness (QED) is 0.808. The highest BCUT2D eigenvalue weighted by Gasteiger charge is 2.29. The molecule has 4 heteroatoms. The number of carbonyl (C=O) groups is 2. The number of rotatable bonds is 4. The van der Waals surface area contributed by atoms with Gasteiger partial charge in [0.1, 0.15) is 5.75 Å². The van der Waals surface area contributed by atoms with Crippen LogP contribution in [0.15, 0.2) is 42.5 Å². The van der Waals surface area contributed by atoms with Gasteiger partial charge in [0.25, 0.3) is 5.91 Å². The Balaban J connectivity index is 1.63. The van der Waals surface area contributed by atoms with E-state index >= 15 is 0 Å². The largest absolute Gasteiger partial charge is 0.508 e. The first-order chi connectivity index (χ1) is 12.9. The molecule has 2 aromatic carbocycles. The number of piperidine rings is 1. The Morgan fingerprint density at radius 3 is 2.26 bits per heavy atom. The molecule has 0 radical (unpaired) electrons. The monoisotopic (exact) mass is 365 g/mol. The van der Waals surface area contributed by atoms with Crippen LogP contribution in [0.4, 0.5) is 0 Å². The first-order valence-corrected chi connectivity index (χ1v) is 9.60. The zero-order valence-corrected chi connectivity index (χ0v) is 16.2. The van der Waals surface area contributed by atoms with Gasteiger partial charge in [0.2, 0.25) is 0 Å². The van der Waals surface area contributed by atoms with Crippen molar-refractivity contribution >= 4 is 11.7 Å². The van der Waals surface area contributed by atoms with Gasteiger partial charge in [-0.25, -0.2) is 0 Å². The van der Waals surface area contributed by atoms with E-state index in [0.29, 0.717) is 37.4 Å². The lowest BCUT2D eigenvalue weighted by molar-refractivity contribution is 0.0649. The van der Waals surface area contributed by atoms with Crippen molar-refractivity contribution in [3.63, 3.8) is 0 Å². The molecule has 4 nitrogen and oxygen atoms in total.